The van der Waals surface area contributed by atoms with E-state index in [0.29, 0.717) is 0 Å². The van der Waals surface area contributed by atoms with Crippen molar-refractivity contribution in [1.82, 2.24) is 5.32 Å². The highest BCUT2D eigenvalue weighted by atomic mass is 19.1. The molecule has 126 valence electrons. The molecule has 1 N–H and O–H groups in total. The van der Waals surface area contributed by atoms with Crippen molar-refractivity contribution in [2.45, 2.75) is 6.42 Å². The molecular weight excluding hydrogens is 309 g/mol. The van der Waals surface area contributed by atoms with Gasteiger partial charge in [0.1, 0.15) is 5.82 Å². The summed E-state index contributed by atoms with van der Waals surface area (Å²) in [5, 5.41) is 3.45. The summed E-state index contributed by atoms with van der Waals surface area (Å²) in [5.74, 6) is -0.185. The lowest BCUT2D eigenvalue weighted by molar-refractivity contribution is 0.626. The molecule has 0 unspecified atom stereocenters. The van der Waals surface area contributed by atoms with Gasteiger partial charge in [0.25, 0.3) is 0 Å². The van der Waals surface area contributed by atoms with Gasteiger partial charge in [0.05, 0.1) is 0 Å². The van der Waals surface area contributed by atoms with Crippen molar-refractivity contribution in [3.05, 3.63) is 114 Å². The molecule has 0 aliphatic heterocycles. The first-order chi connectivity index (χ1) is 12.3. The van der Waals surface area contributed by atoms with E-state index in [-0.39, 0.29) is 5.82 Å². The third-order valence-electron chi connectivity index (χ3n) is 4.12. The Morgan fingerprint density at radius 3 is 1.88 bits per heavy atom. The normalized spacial score (nSPS) is 10.4. The van der Waals surface area contributed by atoms with Crippen molar-refractivity contribution in [2.75, 3.05) is 13.1 Å². The Morgan fingerprint density at radius 2 is 1.32 bits per heavy atom. The molecule has 0 bridgehead atoms. The van der Waals surface area contributed by atoms with Gasteiger partial charge in [-0.15, -0.1) is 0 Å². The first-order valence-corrected chi connectivity index (χ1v) is 8.59. The maximum Gasteiger partial charge on any atom is 0.123 e. The molecule has 3 rings (SSSR count). The zero-order valence-corrected chi connectivity index (χ0v) is 14.2. The van der Waals surface area contributed by atoms with Gasteiger partial charge in [-0.2, -0.15) is 0 Å². The second-order valence-corrected chi connectivity index (χ2v) is 5.93. The van der Waals surface area contributed by atoms with E-state index >= 15 is 0 Å². The highest BCUT2D eigenvalue weighted by Crippen LogP contribution is 2.22. The van der Waals surface area contributed by atoms with Crippen LogP contribution < -0.4 is 5.32 Å². The first kappa shape index (κ1) is 17.1. The van der Waals surface area contributed by atoms with Gasteiger partial charge in [0, 0.05) is 6.54 Å². The Balaban J connectivity index is 1.62. The van der Waals surface area contributed by atoms with Crippen molar-refractivity contribution >= 4 is 5.57 Å². The quantitative estimate of drug-likeness (QED) is 0.595. The minimum Gasteiger partial charge on any atom is -0.313 e. The van der Waals surface area contributed by atoms with Crippen molar-refractivity contribution in [1.29, 1.82) is 0 Å². The largest absolute Gasteiger partial charge is 0.313 e. The van der Waals surface area contributed by atoms with Crippen LogP contribution in [0.2, 0.25) is 0 Å². The summed E-state index contributed by atoms with van der Waals surface area (Å²) >= 11 is 0. The van der Waals surface area contributed by atoms with Crippen LogP contribution >= 0.6 is 0 Å². The van der Waals surface area contributed by atoms with Gasteiger partial charge in [-0.1, -0.05) is 78.9 Å². The lowest BCUT2D eigenvalue weighted by Crippen LogP contribution is -2.17. The molecule has 3 aromatic rings. The standard InChI is InChI=1S/C23H22FN/c24-22-13-11-19(12-14-22)15-17-25-18-16-23(20-7-3-1-4-8-20)21-9-5-2-6-10-21/h1-14,16,25H,15,17-18H2. The van der Waals surface area contributed by atoms with Crippen LogP contribution in [0.3, 0.4) is 0 Å². The lowest BCUT2D eigenvalue weighted by atomic mass is 9.97. The molecule has 1 nitrogen and oxygen atoms in total. The average molecular weight is 331 g/mol. The monoisotopic (exact) mass is 331 g/mol. The highest BCUT2D eigenvalue weighted by Gasteiger charge is 2.03. The average Bonchev–Trinajstić information content (AvgIpc) is 2.67. The van der Waals surface area contributed by atoms with E-state index in [4.69, 9.17) is 0 Å². The smallest absolute Gasteiger partial charge is 0.123 e. The number of halogens is 1. The Morgan fingerprint density at radius 1 is 0.760 bits per heavy atom. The molecule has 0 fully saturated rings. The van der Waals surface area contributed by atoms with Crippen LogP contribution in [0.1, 0.15) is 16.7 Å². The second-order valence-electron chi connectivity index (χ2n) is 5.93. The molecule has 0 saturated heterocycles. The predicted octanol–water partition coefficient (Wildman–Crippen LogP) is 5.09. The molecule has 0 amide bonds. The minimum absolute atomic E-state index is 0.185. The van der Waals surface area contributed by atoms with E-state index < -0.39 is 0 Å². The molecule has 0 saturated carbocycles. The Kier molecular flexibility index (Phi) is 6.13. The van der Waals surface area contributed by atoms with Gasteiger partial charge in [-0.3, -0.25) is 0 Å². The van der Waals surface area contributed by atoms with E-state index in [2.05, 4.69) is 59.9 Å². The third-order valence-corrected chi connectivity index (χ3v) is 4.12. The summed E-state index contributed by atoms with van der Waals surface area (Å²) in [6, 6.07) is 27.6. The summed E-state index contributed by atoms with van der Waals surface area (Å²) < 4.78 is 12.9. The number of benzene rings is 3. The Labute approximate surface area is 148 Å². The van der Waals surface area contributed by atoms with Crippen LogP contribution in [0, 0.1) is 5.82 Å². The maximum atomic E-state index is 12.9. The molecule has 0 atom stereocenters. The number of hydrogen-bond acceptors (Lipinski definition) is 1. The molecule has 0 aromatic heterocycles. The van der Waals surface area contributed by atoms with Crippen molar-refractivity contribution in [3.63, 3.8) is 0 Å². The summed E-state index contributed by atoms with van der Waals surface area (Å²) in [5.41, 5.74) is 4.81. The highest BCUT2D eigenvalue weighted by molar-refractivity contribution is 5.79. The first-order valence-electron chi connectivity index (χ1n) is 8.59. The van der Waals surface area contributed by atoms with Crippen LogP contribution in [-0.2, 0) is 6.42 Å². The topological polar surface area (TPSA) is 12.0 Å². The van der Waals surface area contributed by atoms with Gasteiger partial charge in [0.2, 0.25) is 0 Å². The fourth-order valence-electron chi connectivity index (χ4n) is 2.80. The summed E-state index contributed by atoms with van der Waals surface area (Å²) in [6.45, 7) is 1.65. The summed E-state index contributed by atoms with van der Waals surface area (Å²) in [7, 11) is 0. The zero-order chi connectivity index (χ0) is 17.3. The maximum absolute atomic E-state index is 12.9. The third kappa shape index (κ3) is 5.13. The van der Waals surface area contributed by atoms with Gasteiger partial charge >= 0.3 is 0 Å². The SMILES string of the molecule is Fc1ccc(CCNCC=C(c2ccccc2)c2ccccc2)cc1. The Bertz CT molecular complexity index is 751. The molecule has 0 aliphatic carbocycles. The Hall–Kier alpha value is -2.71. The second kappa shape index (κ2) is 8.95. The molecule has 0 radical (unpaired) electrons. The van der Waals surface area contributed by atoms with Gasteiger partial charge in [-0.05, 0) is 47.4 Å². The molecule has 0 spiro atoms. The fourth-order valence-corrected chi connectivity index (χ4v) is 2.80. The van der Waals surface area contributed by atoms with Crippen molar-refractivity contribution in [2.24, 2.45) is 0 Å². The van der Waals surface area contributed by atoms with Crippen LogP contribution in [0.4, 0.5) is 4.39 Å². The molecular formula is C23H22FN. The number of rotatable bonds is 7. The molecule has 0 aliphatic rings. The van der Waals surface area contributed by atoms with Crippen LogP contribution in [0.25, 0.3) is 5.57 Å². The summed E-state index contributed by atoms with van der Waals surface area (Å²) in [4.78, 5) is 0. The molecule has 25 heavy (non-hydrogen) atoms. The van der Waals surface area contributed by atoms with Gasteiger partial charge in [0.15, 0.2) is 0 Å². The lowest BCUT2D eigenvalue weighted by Gasteiger charge is -2.09. The molecule has 3 aromatic carbocycles. The minimum atomic E-state index is -0.185. The van der Waals surface area contributed by atoms with Gasteiger partial charge in [-0.25, -0.2) is 4.39 Å². The number of nitrogens with one attached hydrogen (secondary N) is 1. The summed E-state index contributed by atoms with van der Waals surface area (Å²) in [6.07, 6.45) is 3.12. The van der Waals surface area contributed by atoms with Crippen molar-refractivity contribution < 1.29 is 4.39 Å². The van der Waals surface area contributed by atoms with Gasteiger partial charge < -0.3 is 5.32 Å². The van der Waals surface area contributed by atoms with E-state index in [1.807, 2.05) is 24.3 Å². The van der Waals surface area contributed by atoms with Crippen LogP contribution in [0.15, 0.2) is 91.0 Å². The zero-order valence-electron chi connectivity index (χ0n) is 14.2. The molecule has 0 heterocycles. The number of hydrogen-bond donors (Lipinski definition) is 1. The molecule has 2 heteroatoms. The van der Waals surface area contributed by atoms with E-state index in [1.165, 1.54) is 28.8 Å². The predicted molar refractivity (Wildman–Crippen MR) is 103 cm³/mol. The van der Waals surface area contributed by atoms with E-state index in [0.717, 1.165) is 25.1 Å². The van der Waals surface area contributed by atoms with Crippen LogP contribution in [0.5, 0.6) is 0 Å². The van der Waals surface area contributed by atoms with E-state index in [9.17, 15) is 4.39 Å². The van der Waals surface area contributed by atoms with Crippen LogP contribution in [-0.4, -0.2) is 13.1 Å². The fraction of sp³-hybridized carbons (Fsp3) is 0.130. The van der Waals surface area contributed by atoms with Crippen molar-refractivity contribution in [3.8, 4) is 0 Å². The van der Waals surface area contributed by atoms with E-state index in [1.54, 1.807) is 0 Å².